The zero-order valence-electron chi connectivity index (χ0n) is 13.9. The van der Waals surface area contributed by atoms with Gasteiger partial charge in [-0.1, -0.05) is 0 Å². The smallest absolute Gasteiger partial charge is 0.303 e. The third-order valence-electron chi connectivity index (χ3n) is 4.26. The Morgan fingerprint density at radius 2 is 1.42 bits per heavy atom. The molecule has 0 bridgehead atoms. The number of rotatable bonds is 5. The van der Waals surface area contributed by atoms with Crippen LogP contribution < -0.4 is 0 Å². The molecule has 2 fully saturated rings. The van der Waals surface area contributed by atoms with E-state index in [1.54, 1.807) is 0 Å². The summed E-state index contributed by atoms with van der Waals surface area (Å²) in [6.07, 6.45) is -15.7. The molecule has 0 radical (unpaired) electrons. The molecule has 0 aromatic rings. The van der Waals surface area contributed by atoms with Crippen molar-refractivity contribution in [2.24, 2.45) is 0 Å². The predicted octanol–water partition coefficient (Wildman–Crippen LogP) is -4.83. The molecule has 0 aromatic carbocycles. The lowest BCUT2D eigenvalue weighted by atomic mass is 9.97. The molecule has 2 rings (SSSR count). The van der Waals surface area contributed by atoms with E-state index in [9.17, 15) is 40.5 Å². The van der Waals surface area contributed by atoms with Gasteiger partial charge in [-0.25, -0.2) is 0 Å². The average molecular weight is 384 g/mol. The minimum absolute atomic E-state index is 0.695. The molecule has 0 aliphatic carbocycles. The van der Waals surface area contributed by atoms with Gasteiger partial charge in [-0.3, -0.25) is 4.79 Å². The van der Waals surface area contributed by atoms with Gasteiger partial charge in [0, 0.05) is 6.92 Å². The van der Waals surface area contributed by atoms with Crippen LogP contribution in [0.2, 0.25) is 0 Å². The number of carbonyl (C=O) groups is 1. The summed E-state index contributed by atoms with van der Waals surface area (Å²) in [5.74, 6) is -0.824. The van der Waals surface area contributed by atoms with E-state index in [0.29, 0.717) is 0 Å². The number of ether oxygens (including phenoxy) is 4. The van der Waals surface area contributed by atoms with Gasteiger partial charge < -0.3 is 54.7 Å². The van der Waals surface area contributed by atoms with Crippen LogP contribution >= 0.6 is 0 Å². The average Bonchev–Trinajstić information content (AvgIpc) is 2.60. The van der Waals surface area contributed by atoms with Crippen LogP contribution in [0.4, 0.5) is 0 Å². The molecule has 2 aliphatic rings. The van der Waals surface area contributed by atoms with Crippen LogP contribution in [0.1, 0.15) is 6.92 Å². The Kier molecular flexibility index (Phi) is 7.27. The standard InChI is InChI=1S/C14H24O12/c1-4(17)23-12-11(8(19)6(3-16)24-13(12)22)26-14-10(21)9(20)7(18)5(2-15)25-14/h5-16,18-22H,2-3H2,1H3/t5-,6-,7+,8-,9+,10-,11+,12-,13-,14+/m1/s1. The molecule has 10 atom stereocenters. The fraction of sp³-hybridized carbons (Fsp3) is 0.929. The van der Waals surface area contributed by atoms with Crippen molar-refractivity contribution in [3.8, 4) is 0 Å². The van der Waals surface area contributed by atoms with Crippen molar-refractivity contribution in [3.63, 3.8) is 0 Å². The number of hydrogen-bond acceptors (Lipinski definition) is 12. The summed E-state index contributed by atoms with van der Waals surface area (Å²) < 4.78 is 20.4. The van der Waals surface area contributed by atoms with Gasteiger partial charge in [0.05, 0.1) is 13.2 Å². The van der Waals surface area contributed by atoms with E-state index < -0.39 is 80.6 Å². The van der Waals surface area contributed by atoms with E-state index >= 15 is 0 Å². The number of aliphatic hydroxyl groups is 7. The molecule has 152 valence electrons. The first-order valence-corrected chi connectivity index (χ1v) is 7.96. The van der Waals surface area contributed by atoms with Crippen molar-refractivity contribution in [3.05, 3.63) is 0 Å². The summed E-state index contributed by atoms with van der Waals surface area (Å²) in [5.41, 5.74) is 0. The Bertz CT molecular complexity index is 473. The second kappa shape index (κ2) is 8.84. The number of carbonyl (C=O) groups excluding carboxylic acids is 1. The minimum atomic E-state index is -1.77. The van der Waals surface area contributed by atoms with Gasteiger partial charge in [-0.2, -0.15) is 0 Å². The lowest BCUT2D eigenvalue weighted by molar-refractivity contribution is -0.356. The Balaban J connectivity index is 2.21. The lowest BCUT2D eigenvalue weighted by Crippen LogP contribution is -2.65. The molecule has 0 saturated carbocycles. The van der Waals surface area contributed by atoms with Gasteiger partial charge in [0.1, 0.15) is 42.7 Å². The second-order valence-electron chi connectivity index (χ2n) is 6.11. The maximum absolute atomic E-state index is 11.2. The molecule has 12 heteroatoms. The van der Waals surface area contributed by atoms with Crippen molar-refractivity contribution in [1.29, 1.82) is 0 Å². The Morgan fingerprint density at radius 1 is 0.846 bits per heavy atom. The molecule has 2 aliphatic heterocycles. The highest BCUT2D eigenvalue weighted by Crippen LogP contribution is 2.29. The van der Waals surface area contributed by atoms with Crippen molar-refractivity contribution in [1.82, 2.24) is 0 Å². The molecule has 0 unspecified atom stereocenters. The summed E-state index contributed by atoms with van der Waals surface area (Å²) in [6, 6.07) is 0. The van der Waals surface area contributed by atoms with Gasteiger partial charge in [0.2, 0.25) is 0 Å². The molecular formula is C14H24O12. The Hall–Kier alpha value is -0.930. The highest BCUT2D eigenvalue weighted by atomic mass is 16.7. The summed E-state index contributed by atoms with van der Waals surface area (Å²) in [7, 11) is 0. The first kappa shape index (κ1) is 21.4. The van der Waals surface area contributed by atoms with E-state index in [1.165, 1.54) is 0 Å². The van der Waals surface area contributed by atoms with Crippen LogP contribution in [0, 0.1) is 0 Å². The zero-order valence-corrected chi connectivity index (χ0v) is 13.9. The van der Waals surface area contributed by atoms with Crippen LogP contribution in [0.3, 0.4) is 0 Å². The Labute approximate surface area is 148 Å². The highest BCUT2D eigenvalue weighted by molar-refractivity contribution is 5.66. The van der Waals surface area contributed by atoms with Crippen molar-refractivity contribution in [2.75, 3.05) is 13.2 Å². The van der Waals surface area contributed by atoms with E-state index in [1.807, 2.05) is 0 Å². The predicted molar refractivity (Wildman–Crippen MR) is 78.2 cm³/mol. The normalized spacial score (nSPS) is 46.8. The van der Waals surface area contributed by atoms with Gasteiger partial charge in [-0.05, 0) is 0 Å². The lowest BCUT2D eigenvalue weighted by Gasteiger charge is -2.45. The molecule has 0 spiro atoms. The van der Waals surface area contributed by atoms with Gasteiger partial charge >= 0.3 is 5.97 Å². The van der Waals surface area contributed by atoms with Crippen molar-refractivity contribution < 1.29 is 59.5 Å². The summed E-state index contributed by atoms with van der Waals surface area (Å²) in [4.78, 5) is 11.2. The van der Waals surface area contributed by atoms with E-state index in [4.69, 9.17) is 18.9 Å². The van der Waals surface area contributed by atoms with Crippen LogP contribution in [0.25, 0.3) is 0 Å². The SMILES string of the molecule is CC(=O)O[C@@H]1[C@@H](O[C@@H]2O[C@H](CO)[C@H](O)[C@H](O)[C@H]2O)[C@H](O)[C@@H](CO)O[C@H]1O. The van der Waals surface area contributed by atoms with Crippen LogP contribution in [-0.2, 0) is 23.7 Å². The topological polar surface area (TPSA) is 196 Å². The number of esters is 1. The monoisotopic (exact) mass is 384 g/mol. The molecular weight excluding hydrogens is 360 g/mol. The molecule has 7 N–H and O–H groups in total. The molecule has 0 aromatic heterocycles. The number of aliphatic hydroxyl groups excluding tert-OH is 7. The summed E-state index contributed by atoms with van der Waals surface area (Å²) in [6.45, 7) is -0.349. The third-order valence-corrected chi connectivity index (χ3v) is 4.26. The second-order valence-corrected chi connectivity index (χ2v) is 6.11. The molecule has 12 nitrogen and oxygen atoms in total. The van der Waals surface area contributed by atoms with Crippen LogP contribution in [0.5, 0.6) is 0 Å². The highest BCUT2D eigenvalue weighted by Gasteiger charge is 2.51. The van der Waals surface area contributed by atoms with Gasteiger partial charge in [-0.15, -0.1) is 0 Å². The summed E-state index contributed by atoms with van der Waals surface area (Å²) in [5, 5.41) is 68.2. The zero-order chi connectivity index (χ0) is 19.6. The minimum Gasteiger partial charge on any atom is -0.454 e. The maximum atomic E-state index is 11.2. The van der Waals surface area contributed by atoms with Gasteiger partial charge in [0.25, 0.3) is 0 Å². The largest absolute Gasteiger partial charge is 0.454 e. The number of hydrogen-bond donors (Lipinski definition) is 7. The quantitative estimate of drug-likeness (QED) is 0.224. The first-order chi connectivity index (χ1) is 12.2. The van der Waals surface area contributed by atoms with Crippen LogP contribution in [0.15, 0.2) is 0 Å². The maximum Gasteiger partial charge on any atom is 0.303 e. The van der Waals surface area contributed by atoms with Gasteiger partial charge in [0.15, 0.2) is 18.7 Å². The Morgan fingerprint density at radius 3 is 1.96 bits per heavy atom. The first-order valence-electron chi connectivity index (χ1n) is 7.96. The molecule has 0 amide bonds. The third kappa shape index (κ3) is 4.31. The fourth-order valence-corrected chi connectivity index (χ4v) is 2.87. The van der Waals surface area contributed by atoms with E-state index in [0.717, 1.165) is 6.92 Å². The van der Waals surface area contributed by atoms with E-state index in [2.05, 4.69) is 0 Å². The summed E-state index contributed by atoms with van der Waals surface area (Å²) >= 11 is 0. The van der Waals surface area contributed by atoms with Crippen molar-refractivity contribution >= 4 is 5.97 Å². The van der Waals surface area contributed by atoms with E-state index in [-0.39, 0.29) is 0 Å². The molecule has 2 saturated heterocycles. The molecule has 2 heterocycles. The molecule has 26 heavy (non-hydrogen) atoms. The fourth-order valence-electron chi connectivity index (χ4n) is 2.87. The van der Waals surface area contributed by atoms with Crippen molar-refractivity contribution in [2.45, 2.75) is 68.3 Å². The van der Waals surface area contributed by atoms with Crippen LogP contribution in [-0.4, -0.2) is 116 Å².